The number of hydrogen-bond donors (Lipinski definition) is 2. The number of nitrogens with one attached hydrogen (secondary N) is 1. The summed E-state index contributed by atoms with van der Waals surface area (Å²) in [5.74, 6) is 0.837. The molecule has 0 aromatic carbocycles. The number of nitrogens with zero attached hydrogens (tertiary/aromatic N) is 1. The number of hydrogen-bond acceptors (Lipinski definition) is 4. The molecular formula is C13H14N2O3S. The molecule has 1 atom stereocenters. The van der Waals surface area contributed by atoms with Gasteiger partial charge in [0.1, 0.15) is 5.69 Å². The van der Waals surface area contributed by atoms with E-state index in [0.717, 1.165) is 24.0 Å². The predicted octanol–water partition coefficient (Wildman–Crippen LogP) is 1.41. The van der Waals surface area contributed by atoms with Gasteiger partial charge in [-0.25, -0.2) is 4.79 Å². The van der Waals surface area contributed by atoms with Crippen LogP contribution in [0.3, 0.4) is 0 Å². The number of carbonyl (C=O) groups is 2. The van der Waals surface area contributed by atoms with Crippen LogP contribution in [0.2, 0.25) is 0 Å². The highest BCUT2D eigenvalue weighted by Crippen LogP contribution is 2.17. The summed E-state index contributed by atoms with van der Waals surface area (Å²) in [7, 11) is 0. The van der Waals surface area contributed by atoms with Gasteiger partial charge in [-0.05, 0) is 29.9 Å². The maximum atomic E-state index is 11.9. The third-order valence-electron chi connectivity index (χ3n) is 2.70. The summed E-state index contributed by atoms with van der Waals surface area (Å²) in [4.78, 5) is 26.3. The number of rotatable bonds is 4. The van der Waals surface area contributed by atoms with Crippen LogP contribution in [0.5, 0.6) is 0 Å². The smallest absolute Gasteiger partial charge is 0.328 e. The molecule has 19 heavy (non-hydrogen) atoms. The average Bonchev–Trinajstić information content (AvgIpc) is 2.89. The average molecular weight is 278 g/mol. The van der Waals surface area contributed by atoms with Crippen molar-refractivity contribution in [1.82, 2.24) is 10.3 Å². The predicted molar refractivity (Wildman–Crippen MR) is 74.1 cm³/mol. The fraction of sp³-hybridized carbons (Fsp3) is 0.308. The molecule has 2 heterocycles. The zero-order valence-corrected chi connectivity index (χ0v) is 11.0. The van der Waals surface area contributed by atoms with E-state index < -0.39 is 5.97 Å². The lowest BCUT2D eigenvalue weighted by molar-refractivity contribution is -0.131. The van der Waals surface area contributed by atoms with Crippen LogP contribution in [0.25, 0.3) is 6.08 Å². The number of pyridine rings is 1. The van der Waals surface area contributed by atoms with Gasteiger partial charge < -0.3 is 10.4 Å². The van der Waals surface area contributed by atoms with Gasteiger partial charge >= 0.3 is 5.97 Å². The van der Waals surface area contributed by atoms with E-state index >= 15 is 0 Å². The van der Waals surface area contributed by atoms with E-state index in [4.69, 9.17) is 5.11 Å². The number of carboxylic acid groups (broad SMARTS) is 1. The first kappa shape index (κ1) is 13.6. The molecule has 1 aromatic heterocycles. The van der Waals surface area contributed by atoms with Crippen LogP contribution < -0.4 is 5.32 Å². The van der Waals surface area contributed by atoms with Crippen LogP contribution in [0.1, 0.15) is 22.5 Å². The third-order valence-corrected chi connectivity index (χ3v) is 3.86. The Morgan fingerprint density at radius 2 is 2.32 bits per heavy atom. The molecule has 5 nitrogen and oxygen atoms in total. The summed E-state index contributed by atoms with van der Waals surface area (Å²) in [6.07, 6.45) is 4.95. The minimum atomic E-state index is -1.01. The van der Waals surface area contributed by atoms with Gasteiger partial charge in [0.05, 0.1) is 0 Å². The Balaban J connectivity index is 1.97. The normalized spacial score (nSPS) is 18.6. The second-order valence-corrected chi connectivity index (χ2v) is 5.33. The molecule has 1 aliphatic rings. The lowest BCUT2D eigenvalue weighted by Gasteiger charge is -2.10. The number of thioether (sulfide) groups is 1. The maximum Gasteiger partial charge on any atom is 0.328 e. The zero-order valence-electron chi connectivity index (χ0n) is 10.2. The molecular weight excluding hydrogens is 264 g/mol. The van der Waals surface area contributed by atoms with E-state index in [0.29, 0.717) is 11.3 Å². The zero-order chi connectivity index (χ0) is 13.7. The molecule has 1 aromatic rings. The summed E-state index contributed by atoms with van der Waals surface area (Å²) in [5, 5.41) is 11.4. The fourth-order valence-electron chi connectivity index (χ4n) is 1.71. The Hall–Kier alpha value is -1.82. The van der Waals surface area contributed by atoms with E-state index in [1.54, 1.807) is 12.1 Å². The van der Waals surface area contributed by atoms with Gasteiger partial charge in [0.2, 0.25) is 0 Å². The largest absolute Gasteiger partial charge is 0.478 e. The Labute approximate surface area is 115 Å². The van der Waals surface area contributed by atoms with Crippen LogP contribution >= 0.6 is 11.8 Å². The maximum absolute atomic E-state index is 11.9. The lowest BCUT2D eigenvalue weighted by Crippen LogP contribution is -2.35. The van der Waals surface area contributed by atoms with E-state index in [1.165, 1.54) is 12.3 Å². The molecule has 0 radical (unpaired) electrons. The van der Waals surface area contributed by atoms with Crippen molar-refractivity contribution in [3.05, 3.63) is 35.7 Å². The molecule has 2 N–H and O–H groups in total. The Bertz CT molecular complexity index is 493. The lowest BCUT2D eigenvalue weighted by atomic mass is 10.2. The van der Waals surface area contributed by atoms with Crippen molar-refractivity contribution in [3.63, 3.8) is 0 Å². The van der Waals surface area contributed by atoms with Crippen molar-refractivity contribution in [3.8, 4) is 0 Å². The summed E-state index contributed by atoms with van der Waals surface area (Å²) < 4.78 is 0. The molecule has 6 heteroatoms. The molecule has 0 spiro atoms. The highest BCUT2D eigenvalue weighted by atomic mass is 32.2. The number of amides is 1. The van der Waals surface area contributed by atoms with Gasteiger partial charge in [-0.2, -0.15) is 11.8 Å². The van der Waals surface area contributed by atoms with Crippen molar-refractivity contribution in [2.45, 2.75) is 12.5 Å². The van der Waals surface area contributed by atoms with Gasteiger partial charge in [0, 0.05) is 24.1 Å². The van der Waals surface area contributed by atoms with Gasteiger partial charge in [-0.1, -0.05) is 6.07 Å². The Morgan fingerprint density at radius 1 is 1.47 bits per heavy atom. The third kappa shape index (κ3) is 4.10. The molecule has 1 unspecified atom stereocenters. The van der Waals surface area contributed by atoms with Gasteiger partial charge in [-0.15, -0.1) is 0 Å². The monoisotopic (exact) mass is 278 g/mol. The summed E-state index contributed by atoms with van der Waals surface area (Å²) in [5.41, 5.74) is 1.000. The second-order valence-electron chi connectivity index (χ2n) is 4.18. The molecule has 1 fully saturated rings. The molecule has 1 aliphatic heterocycles. The first-order valence-corrected chi connectivity index (χ1v) is 7.06. The van der Waals surface area contributed by atoms with E-state index in [9.17, 15) is 9.59 Å². The van der Waals surface area contributed by atoms with Crippen LogP contribution in [-0.2, 0) is 4.79 Å². The molecule has 0 bridgehead atoms. The van der Waals surface area contributed by atoms with Crippen molar-refractivity contribution < 1.29 is 14.7 Å². The van der Waals surface area contributed by atoms with E-state index in [2.05, 4.69) is 10.3 Å². The fourth-order valence-corrected chi connectivity index (χ4v) is 2.87. The van der Waals surface area contributed by atoms with Gasteiger partial charge in [0.25, 0.3) is 5.91 Å². The van der Waals surface area contributed by atoms with E-state index in [-0.39, 0.29) is 11.9 Å². The van der Waals surface area contributed by atoms with Crippen molar-refractivity contribution in [2.24, 2.45) is 0 Å². The topological polar surface area (TPSA) is 79.3 Å². The van der Waals surface area contributed by atoms with Crippen LogP contribution in [-0.4, -0.2) is 39.5 Å². The quantitative estimate of drug-likeness (QED) is 0.814. The standard InChI is InChI=1S/C13H14N2O3S/c16-12(17)4-2-9-1-3-11(14-7-9)13(18)15-10-5-6-19-8-10/h1-4,7,10H,5-6,8H2,(H,15,18)(H,16,17)/b4-2+. The highest BCUT2D eigenvalue weighted by molar-refractivity contribution is 7.99. The first-order chi connectivity index (χ1) is 9.15. The van der Waals surface area contributed by atoms with Crippen molar-refractivity contribution in [2.75, 3.05) is 11.5 Å². The molecule has 1 saturated heterocycles. The number of aromatic nitrogens is 1. The summed E-state index contributed by atoms with van der Waals surface area (Å²) in [6, 6.07) is 3.50. The molecule has 0 aliphatic carbocycles. The SMILES string of the molecule is O=C(O)/C=C/c1ccc(C(=O)NC2CCSC2)nc1. The second kappa shape index (κ2) is 6.38. The van der Waals surface area contributed by atoms with Crippen LogP contribution in [0, 0.1) is 0 Å². The van der Waals surface area contributed by atoms with Crippen LogP contribution in [0.4, 0.5) is 0 Å². The molecule has 0 saturated carbocycles. The van der Waals surface area contributed by atoms with Crippen molar-refractivity contribution >= 4 is 29.7 Å². The minimum absolute atomic E-state index is 0.179. The van der Waals surface area contributed by atoms with Gasteiger partial charge in [-0.3, -0.25) is 9.78 Å². The van der Waals surface area contributed by atoms with Crippen LogP contribution in [0.15, 0.2) is 24.4 Å². The van der Waals surface area contributed by atoms with Crippen molar-refractivity contribution in [1.29, 1.82) is 0 Å². The number of carbonyl (C=O) groups excluding carboxylic acids is 1. The molecule has 100 valence electrons. The summed E-state index contributed by atoms with van der Waals surface area (Å²) >= 11 is 1.83. The first-order valence-electron chi connectivity index (χ1n) is 5.91. The van der Waals surface area contributed by atoms with Gasteiger partial charge in [0.15, 0.2) is 0 Å². The summed E-state index contributed by atoms with van der Waals surface area (Å²) in [6.45, 7) is 0. The molecule has 2 rings (SSSR count). The molecule has 1 amide bonds. The highest BCUT2D eigenvalue weighted by Gasteiger charge is 2.18. The number of carboxylic acids is 1. The Morgan fingerprint density at radius 3 is 2.89 bits per heavy atom. The Kier molecular flexibility index (Phi) is 4.57. The number of aliphatic carboxylic acids is 1. The minimum Gasteiger partial charge on any atom is -0.478 e. The van der Waals surface area contributed by atoms with E-state index in [1.807, 2.05) is 11.8 Å².